The van der Waals surface area contributed by atoms with Crippen LogP contribution in [-0.4, -0.2) is 30.7 Å². The van der Waals surface area contributed by atoms with Crippen molar-refractivity contribution in [1.82, 2.24) is 0 Å². The second kappa shape index (κ2) is 3.32. The molecule has 1 saturated heterocycles. The zero-order chi connectivity index (χ0) is 8.32. The van der Waals surface area contributed by atoms with Crippen LogP contribution in [0.4, 0.5) is 0 Å². The summed E-state index contributed by atoms with van der Waals surface area (Å²) in [6.45, 7) is 2.82. The fourth-order valence-corrected chi connectivity index (χ4v) is 1.51. The number of ether oxygens (including phenoxy) is 1. The van der Waals surface area contributed by atoms with Crippen molar-refractivity contribution in [3.63, 3.8) is 0 Å². The number of hydrogen-bond acceptors (Lipinski definition) is 3. The smallest absolute Gasteiger partial charge is 0.128 e. The molecule has 1 heterocycles. The summed E-state index contributed by atoms with van der Waals surface area (Å²) in [5.74, 6) is 0. The van der Waals surface area contributed by atoms with Gasteiger partial charge < -0.3 is 14.6 Å². The maximum absolute atomic E-state index is 10.7. The molecule has 11 heavy (non-hydrogen) atoms. The van der Waals surface area contributed by atoms with Gasteiger partial charge in [0, 0.05) is 6.61 Å². The third-order valence-corrected chi connectivity index (χ3v) is 2.09. The highest BCUT2D eigenvalue weighted by Crippen LogP contribution is 2.31. The van der Waals surface area contributed by atoms with Crippen molar-refractivity contribution in [1.29, 1.82) is 0 Å². The van der Waals surface area contributed by atoms with Crippen molar-refractivity contribution in [2.45, 2.75) is 25.9 Å². The molecule has 0 spiro atoms. The molecule has 2 unspecified atom stereocenters. The largest absolute Gasteiger partial charge is 0.393 e. The van der Waals surface area contributed by atoms with Gasteiger partial charge in [0.05, 0.1) is 18.1 Å². The van der Waals surface area contributed by atoms with Crippen molar-refractivity contribution in [3.05, 3.63) is 0 Å². The Balaban J connectivity index is 2.52. The Morgan fingerprint density at radius 3 is 2.91 bits per heavy atom. The van der Waals surface area contributed by atoms with Gasteiger partial charge in [-0.3, -0.25) is 0 Å². The zero-order valence-electron chi connectivity index (χ0n) is 6.75. The molecule has 0 aromatic carbocycles. The maximum Gasteiger partial charge on any atom is 0.128 e. The molecule has 1 rings (SSSR count). The van der Waals surface area contributed by atoms with Gasteiger partial charge in [0.25, 0.3) is 0 Å². The number of rotatable bonds is 3. The Labute approximate surface area is 66.4 Å². The lowest BCUT2D eigenvalue weighted by molar-refractivity contribution is -0.117. The Morgan fingerprint density at radius 2 is 2.55 bits per heavy atom. The van der Waals surface area contributed by atoms with Crippen LogP contribution in [0.2, 0.25) is 0 Å². The predicted octanol–water partition coefficient (Wildman–Crippen LogP) is 0.363. The summed E-state index contributed by atoms with van der Waals surface area (Å²) in [5, 5.41) is 9.09. The summed E-state index contributed by atoms with van der Waals surface area (Å²) in [4.78, 5) is 10.7. The molecule has 0 aliphatic carbocycles. The molecule has 3 nitrogen and oxygen atoms in total. The lowest BCUT2D eigenvalue weighted by atomic mass is 9.84. The molecule has 64 valence electrons. The van der Waals surface area contributed by atoms with E-state index in [1.807, 2.05) is 0 Å². The molecule has 0 saturated carbocycles. The first-order valence-corrected chi connectivity index (χ1v) is 3.91. The second-order valence-electron chi connectivity index (χ2n) is 3.34. The van der Waals surface area contributed by atoms with Crippen molar-refractivity contribution < 1.29 is 14.6 Å². The molecule has 1 aliphatic heterocycles. The molecule has 1 fully saturated rings. The zero-order valence-corrected chi connectivity index (χ0v) is 6.75. The number of aliphatic hydroxyl groups is 1. The average Bonchev–Trinajstić information content (AvgIpc) is 2.36. The van der Waals surface area contributed by atoms with Crippen LogP contribution in [0.5, 0.6) is 0 Å². The van der Waals surface area contributed by atoms with Crippen LogP contribution in [0, 0.1) is 5.41 Å². The van der Waals surface area contributed by atoms with Crippen molar-refractivity contribution in [2.75, 3.05) is 13.2 Å². The second-order valence-corrected chi connectivity index (χ2v) is 3.34. The van der Waals surface area contributed by atoms with E-state index in [4.69, 9.17) is 9.84 Å². The van der Waals surface area contributed by atoms with E-state index in [-0.39, 0.29) is 0 Å². The number of carbonyl (C=O) groups excluding carboxylic acids is 1. The van der Waals surface area contributed by atoms with E-state index in [0.717, 1.165) is 12.7 Å². The van der Waals surface area contributed by atoms with Gasteiger partial charge in [-0.1, -0.05) is 0 Å². The number of carbonyl (C=O) groups is 1. The molecule has 0 amide bonds. The van der Waals surface area contributed by atoms with Gasteiger partial charge in [0.1, 0.15) is 6.29 Å². The summed E-state index contributed by atoms with van der Waals surface area (Å²) < 4.78 is 5.11. The highest BCUT2D eigenvalue weighted by atomic mass is 16.5. The van der Waals surface area contributed by atoms with Crippen LogP contribution in [0.3, 0.4) is 0 Å². The van der Waals surface area contributed by atoms with E-state index in [2.05, 4.69) is 0 Å². The first-order chi connectivity index (χ1) is 5.18. The summed E-state index contributed by atoms with van der Waals surface area (Å²) in [5.41, 5.74) is -0.395. The Kier molecular flexibility index (Phi) is 2.62. The van der Waals surface area contributed by atoms with Gasteiger partial charge in [-0.15, -0.1) is 0 Å². The van der Waals surface area contributed by atoms with E-state index in [9.17, 15) is 4.79 Å². The topological polar surface area (TPSA) is 46.5 Å². The molecule has 0 bridgehead atoms. The molecule has 0 aromatic heterocycles. The fourth-order valence-electron chi connectivity index (χ4n) is 1.51. The minimum Gasteiger partial charge on any atom is -0.393 e. The van der Waals surface area contributed by atoms with Gasteiger partial charge in [0.2, 0.25) is 0 Å². The van der Waals surface area contributed by atoms with Crippen LogP contribution < -0.4 is 0 Å². The highest BCUT2D eigenvalue weighted by molar-refractivity contribution is 5.60. The molecule has 3 heteroatoms. The minimum absolute atomic E-state index is 0.395. The Bertz CT molecular complexity index is 136. The van der Waals surface area contributed by atoms with Crippen LogP contribution >= 0.6 is 0 Å². The first kappa shape index (κ1) is 8.68. The van der Waals surface area contributed by atoms with Gasteiger partial charge >= 0.3 is 0 Å². The van der Waals surface area contributed by atoms with E-state index >= 15 is 0 Å². The molecular formula is C8H14O3. The van der Waals surface area contributed by atoms with Gasteiger partial charge in [-0.25, -0.2) is 0 Å². The minimum atomic E-state index is -0.415. The standard InChI is InChI=1S/C8H14O3/c1-7(10)4-8(5-9)2-3-11-6-8/h5,7,10H,2-4,6H2,1H3. The monoisotopic (exact) mass is 158 g/mol. The lowest BCUT2D eigenvalue weighted by Gasteiger charge is -2.20. The summed E-state index contributed by atoms with van der Waals surface area (Å²) in [6, 6.07) is 0. The van der Waals surface area contributed by atoms with Crippen molar-refractivity contribution in [3.8, 4) is 0 Å². The summed E-state index contributed by atoms with van der Waals surface area (Å²) in [6.07, 6.45) is 1.78. The van der Waals surface area contributed by atoms with E-state index in [1.54, 1.807) is 6.92 Å². The van der Waals surface area contributed by atoms with Crippen LogP contribution in [-0.2, 0) is 9.53 Å². The quantitative estimate of drug-likeness (QED) is 0.603. The predicted molar refractivity (Wildman–Crippen MR) is 40.2 cm³/mol. The Morgan fingerprint density at radius 1 is 1.82 bits per heavy atom. The Hall–Kier alpha value is -0.410. The average molecular weight is 158 g/mol. The van der Waals surface area contributed by atoms with Gasteiger partial charge in [-0.2, -0.15) is 0 Å². The van der Waals surface area contributed by atoms with Gasteiger partial charge in [-0.05, 0) is 19.8 Å². The van der Waals surface area contributed by atoms with E-state index in [0.29, 0.717) is 19.6 Å². The van der Waals surface area contributed by atoms with Crippen LogP contribution in [0.25, 0.3) is 0 Å². The number of aliphatic hydroxyl groups excluding tert-OH is 1. The third kappa shape index (κ3) is 2.01. The first-order valence-electron chi connectivity index (χ1n) is 3.91. The fraction of sp³-hybridized carbons (Fsp3) is 0.875. The number of hydrogen-bond donors (Lipinski definition) is 1. The van der Waals surface area contributed by atoms with Crippen molar-refractivity contribution in [2.24, 2.45) is 5.41 Å². The molecular weight excluding hydrogens is 144 g/mol. The molecule has 1 N–H and O–H groups in total. The molecule has 0 radical (unpaired) electrons. The lowest BCUT2D eigenvalue weighted by Crippen LogP contribution is -2.27. The van der Waals surface area contributed by atoms with Crippen LogP contribution in [0.1, 0.15) is 19.8 Å². The van der Waals surface area contributed by atoms with Crippen molar-refractivity contribution >= 4 is 6.29 Å². The molecule has 1 aliphatic rings. The highest BCUT2D eigenvalue weighted by Gasteiger charge is 2.35. The van der Waals surface area contributed by atoms with E-state index in [1.165, 1.54) is 0 Å². The number of aldehydes is 1. The normalized spacial score (nSPS) is 33.6. The SMILES string of the molecule is CC(O)CC1(C=O)CCOC1. The third-order valence-electron chi connectivity index (χ3n) is 2.09. The van der Waals surface area contributed by atoms with E-state index < -0.39 is 11.5 Å². The summed E-state index contributed by atoms with van der Waals surface area (Å²) in [7, 11) is 0. The van der Waals surface area contributed by atoms with Gasteiger partial charge in [0.15, 0.2) is 0 Å². The molecule has 2 atom stereocenters. The maximum atomic E-state index is 10.7. The molecule has 0 aromatic rings. The summed E-state index contributed by atoms with van der Waals surface area (Å²) >= 11 is 0. The van der Waals surface area contributed by atoms with Crippen LogP contribution in [0.15, 0.2) is 0 Å².